The van der Waals surface area contributed by atoms with Crippen LogP contribution in [-0.2, 0) is 11.3 Å². The summed E-state index contributed by atoms with van der Waals surface area (Å²) < 4.78 is 1.86. The zero-order chi connectivity index (χ0) is 19.1. The number of nitrogens with one attached hydrogen (secondary N) is 2. The van der Waals surface area contributed by atoms with Crippen LogP contribution in [-0.4, -0.2) is 53.7 Å². The fourth-order valence-corrected chi connectivity index (χ4v) is 3.46. The molecule has 28 heavy (non-hydrogen) atoms. The number of guanidine groups is 1. The molecular weight excluding hydrogens is 467 g/mol. The van der Waals surface area contributed by atoms with Crippen molar-refractivity contribution in [3.63, 3.8) is 0 Å². The number of hydrogen-bond donors (Lipinski definition) is 2. The second-order valence-corrected chi connectivity index (χ2v) is 6.83. The molecule has 1 amide bonds. The lowest BCUT2D eigenvalue weighted by Crippen LogP contribution is -2.45. The van der Waals surface area contributed by atoms with Crippen LogP contribution in [0.25, 0.3) is 5.69 Å². The van der Waals surface area contributed by atoms with Gasteiger partial charge in [-0.2, -0.15) is 5.10 Å². The fourth-order valence-electron chi connectivity index (χ4n) is 3.46. The standard InChI is InChI=1S/C20H28N6O.HI/c1-21-19(27)14-16-7-11-25(12-8-16)20(22-2)23-15-17-5-3-6-18(13-17)26-10-4-9-24-26;/h3-6,9-10,13,16H,7-8,11-12,14-15H2,1-2H3,(H,21,27)(H,22,23);1H. The molecule has 0 bridgehead atoms. The second-order valence-electron chi connectivity index (χ2n) is 6.83. The summed E-state index contributed by atoms with van der Waals surface area (Å²) in [6.07, 6.45) is 6.37. The van der Waals surface area contributed by atoms with Crippen LogP contribution in [0.1, 0.15) is 24.8 Å². The van der Waals surface area contributed by atoms with E-state index in [0.29, 0.717) is 18.9 Å². The van der Waals surface area contributed by atoms with Gasteiger partial charge in [0.25, 0.3) is 0 Å². The van der Waals surface area contributed by atoms with Crippen molar-refractivity contribution < 1.29 is 4.79 Å². The Hall–Kier alpha value is -2.10. The average Bonchev–Trinajstić information content (AvgIpc) is 3.24. The molecule has 0 atom stereocenters. The number of rotatable bonds is 5. The molecule has 0 unspecified atom stereocenters. The molecule has 152 valence electrons. The van der Waals surface area contributed by atoms with Crippen molar-refractivity contribution in [2.75, 3.05) is 27.2 Å². The van der Waals surface area contributed by atoms with Gasteiger partial charge in [0.1, 0.15) is 0 Å². The van der Waals surface area contributed by atoms with Gasteiger partial charge in [-0.3, -0.25) is 9.79 Å². The summed E-state index contributed by atoms with van der Waals surface area (Å²) in [5.74, 6) is 1.51. The Balaban J connectivity index is 0.00000280. The van der Waals surface area contributed by atoms with E-state index >= 15 is 0 Å². The van der Waals surface area contributed by atoms with E-state index < -0.39 is 0 Å². The zero-order valence-electron chi connectivity index (χ0n) is 16.5. The third-order valence-electron chi connectivity index (χ3n) is 5.01. The van der Waals surface area contributed by atoms with Gasteiger partial charge in [-0.25, -0.2) is 4.68 Å². The first kappa shape index (κ1) is 22.2. The molecule has 2 N–H and O–H groups in total. The summed E-state index contributed by atoms with van der Waals surface area (Å²) >= 11 is 0. The van der Waals surface area contributed by atoms with Crippen LogP contribution in [0.4, 0.5) is 0 Å². The Bertz CT molecular complexity index is 769. The fraction of sp³-hybridized carbons (Fsp3) is 0.450. The van der Waals surface area contributed by atoms with Crippen LogP contribution in [0.5, 0.6) is 0 Å². The molecule has 1 aliphatic heterocycles. The number of amides is 1. The minimum atomic E-state index is 0. The first-order valence-corrected chi connectivity index (χ1v) is 9.44. The van der Waals surface area contributed by atoms with Gasteiger partial charge in [0.15, 0.2) is 5.96 Å². The van der Waals surface area contributed by atoms with Crippen LogP contribution < -0.4 is 10.6 Å². The SMILES string of the molecule is CN=C(NCc1cccc(-n2cccn2)c1)N1CCC(CC(=O)NC)CC1.I. The maximum Gasteiger partial charge on any atom is 0.220 e. The number of halogens is 1. The maximum absolute atomic E-state index is 11.6. The predicted molar refractivity (Wildman–Crippen MR) is 122 cm³/mol. The van der Waals surface area contributed by atoms with Crippen LogP contribution in [0.3, 0.4) is 0 Å². The number of hydrogen-bond acceptors (Lipinski definition) is 3. The highest BCUT2D eigenvalue weighted by atomic mass is 127. The van der Waals surface area contributed by atoms with Gasteiger partial charge in [0.05, 0.1) is 5.69 Å². The first-order chi connectivity index (χ1) is 13.2. The van der Waals surface area contributed by atoms with Gasteiger partial charge < -0.3 is 15.5 Å². The summed E-state index contributed by atoms with van der Waals surface area (Å²) in [7, 11) is 3.52. The molecule has 1 aromatic carbocycles. The van der Waals surface area contributed by atoms with E-state index in [-0.39, 0.29) is 29.9 Å². The van der Waals surface area contributed by atoms with E-state index in [9.17, 15) is 4.79 Å². The van der Waals surface area contributed by atoms with Gasteiger partial charge >= 0.3 is 0 Å². The quantitative estimate of drug-likeness (QED) is 0.379. The predicted octanol–water partition coefficient (Wildman–Crippen LogP) is 2.41. The van der Waals surface area contributed by atoms with Gasteiger partial charge in [-0.05, 0) is 42.5 Å². The molecule has 3 rings (SSSR count). The van der Waals surface area contributed by atoms with Crippen molar-refractivity contribution in [2.24, 2.45) is 10.9 Å². The third-order valence-corrected chi connectivity index (χ3v) is 5.01. The molecule has 0 aliphatic carbocycles. The van der Waals surface area contributed by atoms with Crippen LogP contribution in [0.2, 0.25) is 0 Å². The van der Waals surface area contributed by atoms with E-state index in [0.717, 1.165) is 37.6 Å². The summed E-state index contributed by atoms with van der Waals surface area (Å²) in [5, 5.41) is 10.5. The van der Waals surface area contributed by atoms with Gasteiger partial charge in [0, 0.05) is 52.5 Å². The van der Waals surface area contributed by atoms with Crippen molar-refractivity contribution in [3.05, 3.63) is 48.3 Å². The molecule has 0 radical (unpaired) electrons. The Kier molecular flexibility index (Phi) is 8.75. The summed E-state index contributed by atoms with van der Waals surface area (Å²) in [4.78, 5) is 18.3. The van der Waals surface area contributed by atoms with Crippen molar-refractivity contribution in [1.29, 1.82) is 0 Å². The highest BCUT2D eigenvalue weighted by molar-refractivity contribution is 14.0. The first-order valence-electron chi connectivity index (χ1n) is 9.44. The Morgan fingerprint density at radius 2 is 2.07 bits per heavy atom. The van der Waals surface area contributed by atoms with Crippen molar-refractivity contribution >= 4 is 35.8 Å². The van der Waals surface area contributed by atoms with E-state index in [1.54, 1.807) is 13.2 Å². The lowest BCUT2D eigenvalue weighted by molar-refractivity contribution is -0.121. The summed E-state index contributed by atoms with van der Waals surface area (Å²) in [6.45, 7) is 2.56. The molecule has 1 saturated heterocycles. The van der Waals surface area contributed by atoms with Crippen molar-refractivity contribution in [3.8, 4) is 5.69 Å². The number of carbonyl (C=O) groups is 1. The van der Waals surface area contributed by atoms with Crippen LogP contribution in [0.15, 0.2) is 47.7 Å². The normalized spacial score (nSPS) is 15.1. The maximum atomic E-state index is 11.6. The number of piperidine rings is 1. The number of aromatic nitrogens is 2. The number of carbonyl (C=O) groups excluding carboxylic acids is 1. The Morgan fingerprint density at radius 3 is 2.71 bits per heavy atom. The lowest BCUT2D eigenvalue weighted by atomic mass is 9.93. The van der Waals surface area contributed by atoms with Crippen LogP contribution >= 0.6 is 24.0 Å². The summed E-state index contributed by atoms with van der Waals surface area (Å²) in [5.41, 5.74) is 2.22. The number of likely N-dealkylation sites (tertiary alicyclic amines) is 1. The van der Waals surface area contributed by atoms with Crippen molar-refractivity contribution in [1.82, 2.24) is 25.3 Å². The topological polar surface area (TPSA) is 74.5 Å². The van der Waals surface area contributed by atoms with Crippen LogP contribution in [0, 0.1) is 5.92 Å². The molecule has 0 saturated carbocycles. The zero-order valence-corrected chi connectivity index (χ0v) is 18.8. The molecule has 1 fully saturated rings. The molecule has 1 aromatic heterocycles. The molecule has 1 aliphatic rings. The smallest absolute Gasteiger partial charge is 0.220 e. The molecule has 2 aromatic rings. The van der Waals surface area contributed by atoms with Crippen molar-refractivity contribution in [2.45, 2.75) is 25.8 Å². The monoisotopic (exact) mass is 496 g/mol. The molecule has 8 heteroatoms. The number of benzene rings is 1. The molecule has 0 spiro atoms. The summed E-state index contributed by atoms with van der Waals surface area (Å²) in [6, 6.07) is 10.2. The number of aliphatic imine (C=N–C) groups is 1. The molecular formula is C20H29IN6O. The number of nitrogens with zero attached hydrogens (tertiary/aromatic N) is 4. The van der Waals surface area contributed by atoms with E-state index in [4.69, 9.17) is 0 Å². The van der Waals surface area contributed by atoms with Gasteiger partial charge in [-0.15, -0.1) is 24.0 Å². The average molecular weight is 496 g/mol. The molecule has 7 nitrogen and oxygen atoms in total. The molecule has 2 heterocycles. The largest absolute Gasteiger partial charge is 0.359 e. The van der Waals surface area contributed by atoms with Gasteiger partial charge in [0.2, 0.25) is 5.91 Å². The van der Waals surface area contributed by atoms with E-state index in [1.165, 1.54) is 5.56 Å². The lowest BCUT2D eigenvalue weighted by Gasteiger charge is -2.34. The Morgan fingerprint density at radius 1 is 1.29 bits per heavy atom. The Labute approximate surface area is 183 Å². The highest BCUT2D eigenvalue weighted by Crippen LogP contribution is 2.20. The highest BCUT2D eigenvalue weighted by Gasteiger charge is 2.22. The third kappa shape index (κ3) is 5.95. The second kappa shape index (κ2) is 11.0. The van der Waals surface area contributed by atoms with E-state index in [2.05, 4.69) is 37.8 Å². The minimum Gasteiger partial charge on any atom is -0.359 e. The minimum absolute atomic E-state index is 0. The van der Waals surface area contributed by atoms with E-state index in [1.807, 2.05) is 36.1 Å². The van der Waals surface area contributed by atoms with Gasteiger partial charge in [-0.1, -0.05) is 12.1 Å².